The summed E-state index contributed by atoms with van der Waals surface area (Å²) in [7, 11) is 1.74. The van der Waals surface area contributed by atoms with Crippen LogP contribution in [-0.4, -0.2) is 37.0 Å². The lowest BCUT2D eigenvalue weighted by Crippen LogP contribution is -2.59. The van der Waals surface area contributed by atoms with E-state index in [1.54, 1.807) is 18.4 Å². The van der Waals surface area contributed by atoms with Gasteiger partial charge in [0.1, 0.15) is 5.01 Å². The molecule has 1 saturated carbocycles. The van der Waals surface area contributed by atoms with Gasteiger partial charge in [-0.25, -0.2) is 4.98 Å². The second-order valence-electron chi connectivity index (χ2n) is 3.84. The summed E-state index contributed by atoms with van der Waals surface area (Å²) < 4.78 is 11.0. The highest BCUT2D eigenvalue weighted by Gasteiger charge is 2.41. The molecule has 4 nitrogen and oxygen atoms in total. The Morgan fingerprint density at radius 2 is 2.50 bits per heavy atom. The Morgan fingerprint density at radius 3 is 3.12 bits per heavy atom. The highest BCUT2D eigenvalue weighted by atomic mass is 32.1. The van der Waals surface area contributed by atoms with Crippen molar-refractivity contribution in [3.63, 3.8) is 0 Å². The number of nitrogens with one attached hydrogen (secondary N) is 1. The molecule has 0 spiro atoms. The maximum absolute atomic E-state index is 5.57. The molecule has 0 aromatic carbocycles. The summed E-state index contributed by atoms with van der Waals surface area (Å²) in [6.45, 7) is 3.59. The molecule has 0 amide bonds. The molecule has 1 aromatic heterocycles. The third-order valence-corrected chi connectivity index (χ3v) is 3.68. The van der Waals surface area contributed by atoms with E-state index in [0.717, 1.165) is 24.6 Å². The van der Waals surface area contributed by atoms with Crippen molar-refractivity contribution >= 4 is 11.3 Å². The zero-order valence-electron chi connectivity index (χ0n) is 9.68. The van der Waals surface area contributed by atoms with Gasteiger partial charge >= 0.3 is 0 Å². The van der Waals surface area contributed by atoms with Crippen molar-refractivity contribution in [3.8, 4) is 0 Å². The molecule has 0 radical (unpaired) electrons. The van der Waals surface area contributed by atoms with Gasteiger partial charge in [0.2, 0.25) is 0 Å². The fourth-order valence-corrected chi connectivity index (χ4v) is 2.60. The van der Waals surface area contributed by atoms with Crippen molar-refractivity contribution in [1.82, 2.24) is 10.3 Å². The fourth-order valence-electron chi connectivity index (χ4n) is 2.03. The van der Waals surface area contributed by atoms with Crippen LogP contribution in [-0.2, 0) is 16.0 Å². The second-order valence-corrected chi connectivity index (χ2v) is 4.82. The second kappa shape index (κ2) is 5.72. The summed E-state index contributed by atoms with van der Waals surface area (Å²) in [5.74, 6) is 0. The van der Waals surface area contributed by atoms with E-state index in [4.69, 9.17) is 9.47 Å². The molecular formula is C11H18N2O2S. The predicted octanol–water partition coefficient (Wildman–Crippen LogP) is 1.43. The topological polar surface area (TPSA) is 43.4 Å². The number of thiazole rings is 1. The molecule has 16 heavy (non-hydrogen) atoms. The Hall–Kier alpha value is -0.490. The number of ether oxygens (including phenoxy) is 2. The van der Waals surface area contributed by atoms with E-state index >= 15 is 0 Å². The van der Waals surface area contributed by atoms with Crippen LogP contribution in [0.4, 0.5) is 0 Å². The SMILES string of the molecule is CCOC1CC(NCc2nccs2)C1OC. The first-order valence-corrected chi connectivity index (χ1v) is 6.49. The van der Waals surface area contributed by atoms with Crippen LogP contribution in [0.5, 0.6) is 0 Å². The molecule has 1 heterocycles. The minimum atomic E-state index is 0.180. The predicted molar refractivity (Wildman–Crippen MR) is 63.6 cm³/mol. The first-order chi connectivity index (χ1) is 7.85. The third-order valence-electron chi connectivity index (χ3n) is 2.90. The van der Waals surface area contributed by atoms with Crippen molar-refractivity contribution in [3.05, 3.63) is 16.6 Å². The Morgan fingerprint density at radius 1 is 1.62 bits per heavy atom. The van der Waals surface area contributed by atoms with Crippen LogP contribution in [0, 0.1) is 0 Å². The van der Waals surface area contributed by atoms with Gasteiger partial charge in [-0.05, 0) is 13.3 Å². The number of nitrogens with zero attached hydrogens (tertiary/aromatic N) is 1. The molecule has 1 aliphatic carbocycles. The molecular weight excluding hydrogens is 224 g/mol. The van der Waals surface area contributed by atoms with Crippen LogP contribution >= 0.6 is 11.3 Å². The smallest absolute Gasteiger partial charge is 0.106 e. The van der Waals surface area contributed by atoms with Gasteiger partial charge < -0.3 is 14.8 Å². The van der Waals surface area contributed by atoms with Gasteiger partial charge in [0, 0.05) is 37.9 Å². The van der Waals surface area contributed by atoms with Gasteiger partial charge in [-0.2, -0.15) is 0 Å². The Bertz CT molecular complexity index is 305. The lowest BCUT2D eigenvalue weighted by molar-refractivity contribution is -0.131. The highest BCUT2D eigenvalue weighted by molar-refractivity contribution is 7.09. The molecule has 0 saturated heterocycles. The summed E-state index contributed by atoms with van der Waals surface area (Å²) in [5, 5.41) is 6.57. The van der Waals surface area contributed by atoms with E-state index in [9.17, 15) is 0 Å². The summed E-state index contributed by atoms with van der Waals surface area (Å²) in [5.41, 5.74) is 0. The molecule has 1 aromatic rings. The number of hydrogen-bond donors (Lipinski definition) is 1. The van der Waals surface area contributed by atoms with Gasteiger partial charge in [-0.3, -0.25) is 0 Å². The molecule has 1 fully saturated rings. The zero-order valence-corrected chi connectivity index (χ0v) is 10.5. The molecule has 1 N–H and O–H groups in total. The van der Waals surface area contributed by atoms with Crippen LogP contribution in [0.3, 0.4) is 0 Å². The maximum atomic E-state index is 5.57. The molecule has 2 rings (SSSR count). The third kappa shape index (κ3) is 2.60. The van der Waals surface area contributed by atoms with E-state index in [1.165, 1.54) is 0 Å². The summed E-state index contributed by atoms with van der Waals surface area (Å²) in [4.78, 5) is 4.24. The van der Waals surface area contributed by atoms with Gasteiger partial charge in [-0.15, -0.1) is 11.3 Å². The molecule has 5 heteroatoms. The lowest BCUT2D eigenvalue weighted by atomic mass is 9.85. The maximum Gasteiger partial charge on any atom is 0.106 e. The molecule has 0 aliphatic heterocycles. The summed E-state index contributed by atoms with van der Waals surface area (Å²) >= 11 is 1.67. The van der Waals surface area contributed by atoms with E-state index in [2.05, 4.69) is 10.3 Å². The molecule has 3 atom stereocenters. The van der Waals surface area contributed by atoms with E-state index < -0.39 is 0 Å². The standard InChI is InChI=1S/C11H18N2O2S/c1-3-15-9-6-8(11(9)14-2)13-7-10-12-4-5-16-10/h4-5,8-9,11,13H,3,6-7H2,1-2H3. The zero-order chi connectivity index (χ0) is 11.4. The van der Waals surface area contributed by atoms with Gasteiger partial charge in [0.15, 0.2) is 0 Å². The highest BCUT2D eigenvalue weighted by Crippen LogP contribution is 2.27. The lowest BCUT2D eigenvalue weighted by Gasteiger charge is -2.43. The van der Waals surface area contributed by atoms with Crippen molar-refractivity contribution in [1.29, 1.82) is 0 Å². The van der Waals surface area contributed by atoms with Gasteiger partial charge in [0.25, 0.3) is 0 Å². The van der Waals surface area contributed by atoms with Crippen molar-refractivity contribution in [2.75, 3.05) is 13.7 Å². The van der Waals surface area contributed by atoms with E-state index in [-0.39, 0.29) is 12.2 Å². The average molecular weight is 242 g/mol. The Labute approximate surface area is 100.0 Å². The normalized spacial score (nSPS) is 29.0. The Balaban J connectivity index is 1.75. The van der Waals surface area contributed by atoms with Crippen molar-refractivity contribution in [2.24, 2.45) is 0 Å². The molecule has 3 unspecified atom stereocenters. The minimum absolute atomic E-state index is 0.180. The molecule has 1 aliphatic rings. The molecule has 90 valence electrons. The minimum Gasteiger partial charge on any atom is -0.377 e. The molecule has 0 bridgehead atoms. The van der Waals surface area contributed by atoms with E-state index in [1.807, 2.05) is 18.5 Å². The number of hydrogen-bond acceptors (Lipinski definition) is 5. The summed E-state index contributed by atoms with van der Waals surface area (Å²) in [6, 6.07) is 0.394. The monoisotopic (exact) mass is 242 g/mol. The fraction of sp³-hybridized carbons (Fsp3) is 0.727. The Kier molecular flexibility index (Phi) is 4.29. The summed E-state index contributed by atoms with van der Waals surface area (Å²) in [6.07, 6.45) is 3.29. The van der Waals surface area contributed by atoms with Crippen LogP contribution in [0.15, 0.2) is 11.6 Å². The van der Waals surface area contributed by atoms with Crippen LogP contribution in [0.25, 0.3) is 0 Å². The number of methoxy groups -OCH3 is 1. The quantitative estimate of drug-likeness (QED) is 0.819. The van der Waals surface area contributed by atoms with Crippen LogP contribution in [0.2, 0.25) is 0 Å². The van der Waals surface area contributed by atoms with Crippen LogP contribution < -0.4 is 5.32 Å². The number of aromatic nitrogens is 1. The van der Waals surface area contributed by atoms with Gasteiger partial charge in [0.05, 0.1) is 12.2 Å². The average Bonchev–Trinajstić information content (AvgIpc) is 2.75. The van der Waals surface area contributed by atoms with Gasteiger partial charge in [-0.1, -0.05) is 0 Å². The van der Waals surface area contributed by atoms with Crippen LogP contribution in [0.1, 0.15) is 18.4 Å². The van der Waals surface area contributed by atoms with Crippen molar-refractivity contribution in [2.45, 2.75) is 38.1 Å². The van der Waals surface area contributed by atoms with Crippen molar-refractivity contribution < 1.29 is 9.47 Å². The van der Waals surface area contributed by atoms with E-state index in [0.29, 0.717) is 6.04 Å². The first-order valence-electron chi connectivity index (χ1n) is 5.61. The first kappa shape index (κ1) is 12.0. The number of rotatable bonds is 6. The largest absolute Gasteiger partial charge is 0.377 e.